The Morgan fingerprint density at radius 2 is 1.88 bits per heavy atom. The van der Waals surface area contributed by atoms with Gasteiger partial charge in [0.2, 0.25) is 5.91 Å². The van der Waals surface area contributed by atoms with Gasteiger partial charge in [0.1, 0.15) is 5.75 Å². The summed E-state index contributed by atoms with van der Waals surface area (Å²) in [5.41, 5.74) is 0. The van der Waals surface area contributed by atoms with E-state index < -0.39 is 0 Å². The number of piperazine rings is 1. The third-order valence-corrected chi connectivity index (χ3v) is 4.74. The minimum atomic E-state index is 0.117. The topological polar surface area (TPSA) is 53.6 Å². The fraction of sp³-hybridized carbons (Fsp3) is 0.476. The molecule has 0 aromatic heterocycles. The van der Waals surface area contributed by atoms with Crippen LogP contribution in [-0.2, 0) is 4.79 Å². The van der Waals surface area contributed by atoms with E-state index in [1.807, 2.05) is 24.3 Å². The van der Waals surface area contributed by atoms with Crippen molar-refractivity contribution in [2.45, 2.75) is 19.3 Å². The highest BCUT2D eigenvalue weighted by molar-refractivity contribution is 5.88. The second-order valence-electron chi connectivity index (χ2n) is 6.72. The lowest BCUT2D eigenvalue weighted by Crippen LogP contribution is -2.44. The first-order chi connectivity index (χ1) is 12.8. The highest BCUT2D eigenvalue weighted by Gasteiger charge is 2.09. The summed E-state index contributed by atoms with van der Waals surface area (Å²) in [6.45, 7) is 6.74. The molecule has 1 aliphatic rings. The molecule has 1 fully saturated rings. The molecular formula is C21H29N3O2. The van der Waals surface area contributed by atoms with Crippen LogP contribution in [0.25, 0.3) is 10.8 Å². The molecule has 0 radical (unpaired) electrons. The van der Waals surface area contributed by atoms with E-state index in [2.05, 4.69) is 33.7 Å². The molecule has 0 atom stereocenters. The minimum absolute atomic E-state index is 0.117. The molecule has 0 spiro atoms. The number of hydrogen-bond donors (Lipinski definition) is 2. The molecule has 2 aromatic carbocycles. The maximum absolute atomic E-state index is 11.9. The van der Waals surface area contributed by atoms with Crippen LogP contribution in [0.1, 0.15) is 19.3 Å². The van der Waals surface area contributed by atoms with Gasteiger partial charge in [-0.25, -0.2) is 0 Å². The number of amides is 1. The van der Waals surface area contributed by atoms with Crippen LogP contribution in [0, 0.1) is 0 Å². The van der Waals surface area contributed by atoms with Crippen molar-refractivity contribution in [1.82, 2.24) is 15.5 Å². The summed E-state index contributed by atoms with van der Waals surface area (Å²) in [5.74, 6) is 1.01. The molecule has 0 unspecified atom stereocenters. The van der Waals surface area contributed by atoms with E-state index >= 15 is 0 Å². The van der Waals surface area contributed by atoms with Gasteiger partial charge in [0, 0.05) is 44.5 Å². The molecule has 1 aliphatic heterocycles. The average molecular weight is 355 g/mol. The van der Waals surface area contributed by atoms with Crippen molar-refractivity contribution >= 4 is 16.7 Å². The van der Waals surface area contributed by atoms with Gasteiger partial charge in [0.25, 0.3) is 0 Å². The Bertz CT molecular complexity index is 693. The van der Waals surface area contributed by atoms with Crippen molar-refractivity contribution < 1.29 is 9.53 Å². The van der Waals surface area contributed by atoms with Crippen molar-refractivity contribution in [3.05, 3.63) is 42.5 Å². The SMILES string of the molecule is O=C(CCCOc1cccc2ccccc12)NCCCN1CCNCC1. The number of nitrogens with zero attached hydrogens (tertiary/aromatic N) is 1. The predicted octanol–water partition coefficient (Wildman–Crippen LogP) is 2.41. The van der Waals surface area contributed by atoms with E-state index in [1.165, 1.54) is 5.39 Å². The number of hydrogen-bond acceptors (Lipinski definition) is 4. The number of nitrogens with one attached hydrogen (secondary N) is 2. The number of carbonyl (C=O) groups is 1. The van der Waals surface area contributed by atoms with Crippen LogP contribution in [0.15, 0.2) is 42.5 Å². The molecule has 5 heteroatoms. The second-order valence-corrected chi connectivity index (χ2v) is 6.72. The number of carbonyl (C=O) groups excluding carboxylic acids is 1. The zero-order chi connectivity index (χ0) is 18.0. The standard InChI is InChI=1S/C21H29N3O2/c25-21(23-11-5-14-24-15-12-22-13-16-24)10-4-17-26-20-9-3-7-18-6-1-2-8-19(18)20/h1-3,6-9,22H,4-5,10-17H2,(H,23,25). The summed E-state index contributed by atoms with van der Waals surface area (Å²) in [5, 5.41) is 8.66. The van der Waals surface area contributed by atoms with Gasteiger partial charge in [-0.1, -0.05) is 36.4 Å². The van der Waals surface area contributed by atoms with Crippen LogP contribution in [0.5, 0.6) is 5.75 Å². The number of ether oxygens (including phenoxy) is 1. The number of fused-ring (bicyclic) bond motifs is 1. The molecule has 0 aliphatic carbocycles. The average Bonchev–Trinajstić information content (AvgIpc) is 2.69. The molecule has 0 bridgehead atoms. The summed E-state index contributed by atoms with van der Waals surface area (Å²) in [4.78, 5) is 14.4. The molecule has 1 heterocycles. The Morgan fingerprint density at radius 3 is 2.77 bits per heavy atom. The van der Waals surface area contributed by atoms with Crippen LogP contribution >= 0.6 is 0 Å². The van der Waals surface area contributed by atoms with E-state index in [4.69, 9.17) is 4.74 Å². The van der Waals surface area contributed by atoms with E-state index in [9.17, 15) is 4.79 Å². The summed E-state index contributed by atoms with van der Waals surface area (Å²) in [6, 6.07) is 14.3. The third kappa shape index (κ3) is 5.71. The van der Waals surface area contributed by atoms with Crippen molar-refractivity contribution in [1.29, 1.82) is 0 Å². The zero-order valence-corrected chi connectivity index (χ0v) is 15.4. The Hall–Kier alpha value is -2.11. The molecule has 2 aromatic rings. The van der Waals surface area contributed by atoms with Crippen molar-refractivity contribution in [3.8, 4) is 5.75 Å². The van der Waals surface area contributed by atoms with Gasteiger partial charge in [0.05, 0.1) is 6.61 Å². The van der Waals surface area contributed by atoms with Crippen molar-refractivity contribution in [2.75, 3.05) is 45.9 Å². The molecule has 5 nitrogen and oxygen atoms in total. The summed E-state index contributed by atoms with van der Waals surface area (Å²) >= 11 is 0. The maximum atomic E-state index is 11.9. The van der Waals surface area contributed by atoms with Gasteiger partial charge in [-0.15, -0.1) is 0 Å². The summed E-state index contributed by atoms with van der Waals surface area (Å²) < 4.78 is 5.88. The lowest BCUT2D eigenvalue weighted by molar-refractivity contribution is -0.121. The van der Waals surface area contributed by atoms with Crippen molar-refractivity contribution in [3.63, 3.8) is 0 Å². The molecular weight excluding hydrogens is 326 g/mol. The molecule has 140 valence electrons. The summed E-state index contributed by atoms with van der Waals surface area (Å²) in [6.07, 6.45) is 2.25. The van der Waals surface area contributed by atoms with E-state index in [-0.39, 0.29) is 5.91 Å². The fourth-order valence-corrected chi connectivity index (χ4v) is 3.29. The number of rotatable bonds is 9. The highest BCUT2D eigenvalue weighted by atomic mass is 16.5. The predicted molar refractivity (Wildman–Crippen MR) is 106 cm³/mol. The van der Waals surface area contributed by atoms with Gasteiger partial charge in [0.15, 0.2) is 0 Å². The fourth-order valence-electron chi connectivity index (χ4n) is 3.29. The molecule has 2 N–H and O–H groups in total. The lowest BCUT2D eigenvalue weighted by Gasteiger charge is -2.27. The largest absolute Gasteiger partial charge is 0.493 e. The summed E-state index contributed by atoms with van der Waals surface area (Å²) in [7, 11) is 0. The molecule has 3 rings (SSSR count). The molecule has 1 saturated heterocycles. The van der Waals surface area contributed by atoms with Crippen molar-refractivity contribution in [2.24, 2.45) is 0 Å². The minimum Gasteiger partial charge on any atom is -0.493 e. The lowest BCUT2D eigenvalue weighted by atomic mass is 10.1. The van der Waals surface area contributed by atoms with Crippen LogP contribution < -0.4 is 15.4 Å². The van der Waals surface area contributed by atoms with Crippen LogP contribution in [0.2, 0.25) is 0 Å². The Balaban J connectivity index is 1.29. The Morgan fingerprint density at radius 1 is 1.08 bits per heavy atom. The smallest absolute Gasteiger partial charge is 0.220 e. The Kier molecular flexibility index (Phi) is 7.28. The second kappa shape index (κ2) is 10.1. The van der Waals surface area contributed by atoms with Gasteiger partial charge < -0.3 is 20.3 Å². The Labute approximate surface area is 155 Å². The maximum Gasteiger partial charge on any atom is 0.220 e. The van der Waals surface area contributed by atoms with Crippen LogP contribution in [0.4, 0.5) is 0 Å². The van der Waals surface area contributed by atoms with Crippen LogP contribution in [-0.4, -0.2) is 56.7 Å². The first kappa shape index (κ1) is 18.7. The number of benzene rings is 2. The van der Waals surface area contributed by atoms with Crippen LogP contribution in [0.3, 0.4) is 0 Å². The van der Waals surface area contributed by atoms with Gasteiger partial charge in [-0.3, -0.25) is 4.79 Å². The normalized spacial score (nSPS) is 15.1. The van der Waals surface area contributed by atoms with E-state index in [0.29, 0.717) is 13.0 Å². The van der Waals surface area contributed by atoms with Gasteiger partial charge in [-0.05, 0) is 30.8 Å². The molecule has 1 amide bonds. The molecule has 26 heavy (non-hydrogen) atoms. The van der Waals surface area contributed by atoms with E-state index in [1.54, 1.807) is 0 Å². The zero-order valence-electron chi connectivity index (χ0n) is 15.4. The molecule has 0 saturated carbocycles. The monoisotopic (exact) mass is 355 g/mol. The van der Waals surface area contributed by atoms with Gasteiger partial charge >= 0.3 is 0 Å². The first-order valence-corrected chi connectivity index (χ1v) is 9.63. The van der Waals surface area contributed by atoms with E-state index in [0.717, 1.165) is 63.2 Å². The highest BCUT2D eigenvalue weighted by Crippen LogP contribution is 2.25. The third-order valence-electron chi connectivity index (χ3n) is 4.74. The van der Waals surface area contributed by atoms with Gasteiger partial charge in [-0.2, -0.15) is 0 Å². The first-order valence-electron chi connectivity index (χ1n) is 9.63. The quantitative estimate of drug-likeness (QED) is 0.678.